The van der Waals surface area contributed by atoms with Crippen LogP contribution in [0.25, 0.3) is 5.69 Å². The maximum atomic E-state index is 12.4. The molecule has 0 aliphatic rings. The molecule has 1 N–H and O–H groups in total. The van der Waals surface area contributed by atoms with E-state index in [1.54, 1.807) is 38.1 Å². The van der Waals surface area contributed by atoms with Crippen molar-refractivity contribution in [2.45, 2.75) is 13.8 Å². The summed E-state index contributed by atoms with van der Waals surface area (Å²) in [5, 5.41) is 6.53. The molecule has 0 bridgehead atoms. The molecule has 0 saturated carbocycles. The summed E-state index contributed by atoms with van der Waals surface area (Å²) in [4.78, 5) is 36.3. The highest BCUT2D eigenvalue weighted by atomic mass is 35.5. The zero-order valence-electron chi connectivity index (χ0n) is 14.8. The lowest BCUT2D eigenvalue weighted by atomic mass is 10.3. The Morgan fingerprint density at radius 2 is 1.74 bits per heavy atom. The first-order chi connectivity index (χ1) is 13.0. The van der Waals surface area contributed by atoms with E-state index < -0.39 is 17.5 Å². The molecule has 2 rings (SSSR count). The zero-order chi connectivity index (χ0) is 19.8. The lowest BCUT2D eigenvalue weighted by Crippen LogP contribution is -2.23. The summed E-state index contributed by atoms with van der Waals surface area (Å²) in [5.74, 6) is -1.71. The van der Waals surface area contributed by atoms with Crippen molar-refractivity contribution in [3.05, 3.63) is 63.7 Å². The normalized spacial score (nSPS) is 10.0. The number of nitrogens with zero attached hydrogens (tertiary/aromatic N) is 2. The summed E-state index contributed by atoms with van der Waals surface area (Å²) in [5.41, 5.74) is -0.248. The first-order valence-corrected chi connectivity index (χ1v) is 8.51. The highest BCUT2D eigenvalue weighted by Gasteiger charge is 2.21. The second kappa shape index (κ2) is 9.54. The van der Waals surface area contributed by atoms with Crippen molar-refractivity contribution in [3.63, 3.8) is 0 Å². The van der Waals surface area contributed by atoms with Gasteiger partial charge in [-0.15, -0.1) is 0 Å². The maximum Gasteiger partial charge on any atom is 0.347 e. The van der Waals surface area contributed by atoms with Crippen LogP contribution < -0.4 is 10.9 Å². The minimum Gasteiger partial charge on any atom is -0.462 e. The Balaban J connectivity index is 2.33. The van der Waals surface area contributed by atoms with E-state index >= 15 is 0 Å². The number of aromatic nitrogens is 2. The second-order valence-electron chi connectivity index (χ2n) is 5.07. The molecule has 0 amide bonds. The van der Waals surface area contributed by atoms with Crippen LogP contribution in [0, 0.1) is 0 Å². The van der Waals surface area contributed by atoms with Gasteiger partial charge < -0.3 is 14.8 Å². The molecule has 1 aromatic heterocycles. The fourth-order valence-corrected chi connectivity index (χ4v) is 2.24. The van der Waals surface area contributed by atoms with Crippen molar-refractivity contribution < 1.29 is 19.1 Å². The number of para-hydroxylation sites is 1. The van der Waals surface area contributed by atoms with Crippen LogP contribution in [0.5, 0.6) is 0 Å². The van der Waals surface area contributed by atoms with Crippen LogP contribution in [0.3, 0.4) is 0 Å². The van der Waals surface area contributed by atoms with E-state index in [4.69, 9.17) is 21.1 Å². The molecule has 0 saturated heterocycles. The molecular formula is C18H18ClN3O5. The monoisotopic (exact) mass is 391 g/mol. The molecule has 0 radical (unpaired) electrons. The third kappa shape index (κ3) is 4.95. The molecule has 0 aliphatic carbocycles. The molecule has 0 aliphatic heterocycles. The second-order valence-corrected chi connectivity index (χ2v) is 5.45. The lowest BCUT2D eigenvalue weighted by Gasteiger charge is -2.10. The molecule has 1 aromatic carbocycles. The molecule has 9 heteroatoms. The SMILES string of the molecule is CCOC(=O)C(=CNc1cnn(-c2ccccc2)c(=O)c1Cl)C(=O)OCC. The molecule has 0 fully saturated rings. The first kappa shape index (κ1) is 20.2. The Hall–Kier alpha value is -3.13. The lowest BCUT2D eigenvalue weighted by molar-refractivity contribution is -0.146. The molecule has 27 heavy (non-hydrogen) atoms. The number of esters is 2. The Kier molecular flexibility index (Phi) is 7.13. The first-order valence-electron chi connectivity index (χ1n) is 8.13. The third-order valence-electron chi connectivity index (χ3n) is 3.28. The molecule has 0 atom stereocenters. The number of ether oxygens (including phenoxy) is 2. The quantitative estimate of drug-likeness (QED) is 0.334. The number of anilines is 1. The third-order valence-corrected chi connectivity index (χ3v) is 3.65. The number of benzene rings is 1. The fraction of sp³-hybridized carbons (Fsp3) is 0.222. The van der Waals surface area contributed by atoms with Crippen molar-refractivity contribution in [3.8, 4) is 5.69 Å². The van der Waals surface area contributed by atoms with Gasteiger partial charge in [-0.25, -0.2) is 9.59 Å². The van der Waals surface area contributed by atoms with Crippen LogP contribution in [0.15, 0.2) is 53.1 Å². The van der Waals surface area contributed by atoms with Crippen LogP contribution in [0.1, 0.15) is 13.8 Å². The largest absolute Gasteiger partial charge is 0.462 e. The average molecular weight is 392 g/mol. The standard InChI is InChI=1S/C18H18ClN3O5/c1-3-26-17(24)13(18(25)27-4-2)10-20-14-11-21-22(16(23)15(14)19)12-8-6-5-7-9-12/h5-11,20H,3-4H2,1-2H3. The summed E-state index contributed by atoms with van der Waals surface area (Å²) >= 11 is 6.12. The molecule has 8 nitrogen and oxygen atoms in total. The van der Waals surface area contributed by atoms with Crippen LogP contribution in [0.4, 0.5) is 5.69 Å². The molecule has 0 unspecified atom stereocenters. The zero-order valence-corrected chi connectivity index (χ0v) is 15.5. The fourth-order valence-electron chi connectivity index (χ4n) is 2.06. The number of halogens is 1. The highest BCUT2D eigenvalue weighted by Crippen LogP contribution is 2.17. The maximum absolute atomic E-state index is 12.4. The van der Waals surface area contributed by atoms with Gasteiger partial charge in [-0.05, 0) is 26.0 Å². The van der Waals surface area contributed by atoms with Crippen LogP contribution in [-0.4, -0.2) is 34.9 Å². The van der Waals surface area contributed by atoms with Gasteiger partial charge in [-0.1, -0.05) is 29.8 Å². The van der Waals surface area contributed by atoms with Gasteiger partial charge >= 0.3 is 11.9 Å². The van der Waals surface area contributed by atoms with E-state index in [1.807, 2.05) is 6.07 Å². The number of hydrogen-bond acceptors (Lipinski definition) is 7. The summed E-state index contributed by atoms with van der Waals surface area (Å²) in [7, 11) is 0. The summed E-state index contributed by atoms with van der Waals surface area (Å²) in [6.45, 7) is 3.40. The van der Waals surface area contributed by atoms with Crippen molar-refractivity contribution >= 4 is 29.2 Å². The number of carbonyl (C=O) groups is 2. The van der Waals surface area contributed by atoms with Gasteiger partial charge in [0.05, 0.1) is 30.8 Å². The number of carbonyl (C=O) groups excluding carboxylic acids is 2. The highest BCUT2D eigenvalue weighted by molar-refractivity contribution is 6.33. The van der Waals surface area contributed by atoms with Crippen LogP contribution >= 0.6 is 11.6 Å². The Labute approximate surface area is 160 Å². The van der Waals surface area contributed by atoms with E-state index in [9.17, 15) is 14.4 Å². The van der Waals surface area contributed by atoms with Gasteiger partial charge in [0.15, 0.2) is 5.57 Å². The van der Waals surface area contributed by atoms with Crippen molar-refractivity contribution in [2.24, 2.45) is 0 Å². The minimum atomic E-state index is -0.856. The van der Waals surface area contributed by atoms with E-state index in [0.717, 1.165) is 10.9 Å². The van der Waals surface area contributed by atoms with E-state index in [0.29, 0.717) is 5.69 Å². The van der Waals surface area contributed by atoms with Gasteiger partial charge in [-0.3, -0.25) is 4.79 Å². The van der Waals surface area contributed by atoms with Crippen LogP contribution in [-0.2, 0) is 19.1 Å². The topological polar surface area (TPSA) is 99.5 Å². The van der Waals surface area contributed by atoms with E-state index in [1.165, 1.54) is 6.20 Å². The van der Waals surface area contributed by atoms with E-state index in [-0.39, 0.29) is 29.5 Å². The van der Waals surface area contributed by atoms with Crippen LogP contribution in [0.2, 0.25) is 5.02 Å². The van der Waals surface area contributed by atoms with E-state index in [2.05, 4.69) is 10.4 Å². The molecular weight excluding hydrogens is 374 g/mol. The van der Waals surface area contributed by atoms with Gasteiger partial charge in [-0.2, -0.15) is 9.78 Å². The number of rotatable bonds is 7. The van der Waals surface area contributed by atoms with Crippen molar-refractivity contribution in [2.75, 3.05) is 18.5 Å². The summed E-state index contributed by atoms with van der Waals surface area (Å²) < 4.78 is 10.8. The smallest absolute Gasteiger partial charge is 0.347 e. The predicted octanol–water partition coefficient (Wildman–Crippen LogP) is 2.31. The number of nitrogens with one attached hydrogen (secondary N) is 1. The Bertz CT molecular complexity index is 889. The summed E-state index contributed by atoms with van der Waals surface area (Å²) in [6.07, 6.45) is 2.38. The molecule has 142 valence electrons. The predicted molar refractivity (Wildman–Crippen MR) is 99.8 cm³/mol. The molecule has 1 heterocycles. The Morgan fingerprint density at radius 3 is 2.30 bits per heavy atom. The number of hydrogen-bond donors (Lipinski definition) is 1. The van der Waals surface area contributed by atoms with Gasteiger partial charge in [0.2, 0.25) is 0 Å². The average Bonchev–Trinajstić information content (AvgIpc) is 2.66. The van der Waals surface area contributed by atoms with Gasteiger partial charge in [0.1, 0.15) is 5.02 Å². The van der Waals surface area contributed by atoms with Gasteiger partial charge in [0.25, 0.3) is 5.56 Å². The minimum absolute atomic E-state index is 0.0883. The van der Waals surface area contributed by atoms with Crippen molar-refractivity contribution in [1.29, 1.82) is 0 Å². The molecule has 0 spiro atoms. The molecule has 2 aromatic rings. The van der Waals surface area contributed by atoms with Gasteiger partial charge in [0, 0.05) is 6.20 Å². The van der Waals surface area contributed by atoms with Crippen molar-refractivity contribution in [1.82, 2.24) is 9.78 Å². The summed E-state index contributed by atoms with van der Waals surface area (Å²) in [6, 6.07) is 8.74. The Morgan fingerprint density at radius 1 is 1.15 bits per heavy atom.